The summed E-state index contributed by atoms with van der Waals surface area (Å²) >= 11 is 0. The standard InChI is InChI=1S/C8H9N3O3/c12-7-4(1-2-9-7)6-10-3-5(11-6)8(13)14/h1-2,5,9,12H,3H2,(H,10,11)(H,13,14). The number of nitrogens with one attached hydrogen (secondary N) is 2. The van der Waals surface area contributed by atoms with Crippen molar-refractivity contribution in [1.29, 1.82) is 0 Å². The number of carbonyl (C=O) groups is 1. The van der Waals surface area contributed by atoms with Crippen LogP contribution in [0.15, 0.2) is 17.3 Å². The molecule has 0 spiro atoms. The minimum atomic E-state index is -0.946. The van der Waals surface area contributed by atoms with Crippen LogP contribution in [0.5, 0.6) is 5.88 Å². The van der Waals surface area contributed by atoms with Crippen molar-refractivity contribution in [2.45, 2.75) is 6.04 Å². The molecule has 1 aliphatic rings. The highest BCUT2D eigenvalue weighted by Crippen LogP contribution is 2.16. The maximum absolute atomic E-state index is 10.6. The third kappa shape index (κ3) is 1.30. The molecule has 74 valence electrons. The number of aromatic hydroxyl groups is 1. The van der Waals surface area contributed by atoms with Gasteiger partial charge in [-0.3, -0.25) is 4.99 Å². The number of aromatic nitrogens is 1. The highest BCUT2D eigenvalue weighted by atomic mass is 16.4. The Morgan fingerprint density at radius 2 is 2.43 bits per heavy atom. The summed E-state index contributed by atoms with van der Waals surface area (Å²) < 4.78 is 0. The minimum Gasteiger partial charge on any atom is -0.494 e. The Balaban J connectivity index is 2.17. The van der Waals surface area contributed by atoms with Crippen molar-refractivity contribution in [1.82, 2.24) is 10.3 Å². The number of hydrogen-bond acceptors (Lipinski definition) is 4. The third-order valence-corrected chi connectivity index (χ3v) is 2.02. The first-order valence-electron chi connectivity index (χ1n) is 4.09. The maximum Gasteiger partial charge on any atom is 0.328 e. The number of carboxylic acids is 1. The number of nitrogens with zero attached hydrogens (tertiary/aromatic N) is 1. The molecule has 1 unspecified atom stereocenters. The molecule has 2 rings (SSSR count). The molecule has 6 heteroatoms. The summed E-state index contributed by atoms with van der Waals surface area (Å²) in [6, 6.07) is 0.935. The summed E-state index contributed by atoms with van der Waals surface area (Å²) in [5, 5.41) is 20.7. The van der Waals surface area contributed by atoms with E-state index >= 15 is 0 Å². The lowest BCUT2D eigenvalue weighted by Gasteiger charge is -2.05. The molecular weight excluding hydrogens is 186 g/mol. The zero-order valence-corrected chi connectivity index (χ0v) is 7.19. The second kappa shape index (κ2) is 3.06. The predicted molar refractivity (Wildman–Crippen MR) is 48.4 cm³/mol. The molecule has 0 bridgehead atoms. The molecule has 0 aliphatic carbocycles. The van der Waals surface area contributed by atoms with Crippen LogP contribution in [0.4, 0.5) is 0 Å². The van der Waals surface area contributed by atoms with Crippen LogP contribution in [0.1, 0.15) is 5.56 Å². The summed E-state index contributed by atoms with van der Waals surface area (Å²) in [6.07, 6.45) is 1.56. The predicted octanol–water partition coefficient (Wildman–Crippen LogP) is -0.477. The average Bonchev–Trinajstić information content (AvgIpc) is 2.71. The summed E-state index contributed by atoms with van der Waals surface area (Å²) in [5.41, 5.74) is 0.494. The van der Waals surface area contributed by atoms with Crippen LogP contribution in [0.25, 0.3) is 0 Å². The van der Waals surface area contributed by atoms with Crippen molar-refractivity contribution in [3.8, 4) is 5.88 Å². The van der Waals surface area contributed by atoms with Crippen LogP contribution in [0.3, 0.4) is 0 Å². The molecule has 1 atom stereocenters. The molecule has 6 nitrogen and oxygen atoms in total. The zero-order valence-electron chi connectivity index (χ0n) is 7.19. The van der Waals surface area contributed by atoms with E-state index < -0.39 is 12.0 Å². The third-order valence-electron chi connectivity index (χ3n) is 2.02. The van der Waals surface area contributed by atoms with Crippen LogP contribution in [0, 0.1) is 0 Å². The van der Waals surface area contributed by atoms with Gasteiger partial charge in [0.25, 0.3) is 0 Å². The molecular formula is C8H9N3O3. The van der Waals surface area contributed by atoms with Gasteiger partial charge in [0.2, 0.25) is 0 Å². The van der Waals surface area contributed by atoms with Crippen molar-refractivity contribution in [3.05, 3.63) is 17.8 Å². The summed E-state index contributed by atoms with van der Waals surface area (Å²) in [5.74, 6) is -0.544. The van der Waals surface area contributed by atoms with Gasteiger partial charge in [0.1, 0.15) is 11.9 Å². The molecule has 0 amide bonds. The maximum atomic E-state index is 10.6. The molecule has 1 aromatic rings. The molecule has 2 heterocycles. The van der Waals surface area contributed by atoms with E-state index in [0.29, 0.717) is 11.4 Å². The van der Waals surface area contributed by atoms with Crippen molar-refractivity contribution in [3.63, 3.8) is 0 Å². The minimum absolute atomic E-state index is 0.0118. The Morgan fingerprint density at radius 3 is 2.93 bits per heavy atom. The SMILES string of the molecule is O=C(O)C1CN=C(c2cc[nH]c2O)N1. The van der Waals surface area contributed by atoms with Crippen LogP contribution >= 0.6 is 0 Å². The molecule has 0 aromatic carbocycles. The first-order valence-corrected chi connectivity index (χ1v) is 4.09. The summed E-state index contributed by atoms with van der Waals surface area (Å²) in [4.78, 5) is 17.2. The van der Waals surface area contributed by atoms with E-state index in [9.17, 15) is 9.90 Å². The van der Waals surface area contributed by atoms with Crippen molar-refractivity contribution >= 4 is 11.8 Å². The number of carboxylic acid groups (broad SMARTS) is 1. The number of rotatable bonds is 2. The molecule has 1 aliphatic heterocycles. The van der Waals surface area contributed by atoms with E-state index in [1.807, 2.05) is 0 Å². The van der Waals surface area contributed by atoms with E-state index in [-0.39, 0.29) is 12.4 Å². The number of hydrogen-bond donors (Lipinski definition) is 4. The Hall–Kier alpha value is -1.98. The average molecular weight is 195 g/mol. The molecule has 0 saturated carbocycles. The topological polar surface area (TPSA) is 97.7 Å². The van der Waals surface area contributed by atoms with Gasteiger partial charge in [-0.1, -0.05) is 0 Å². The Morgan fingerprint density at radius 1 is 1.64 bits per heavy atom. The summed E-state index contributed by atoms with van der Waals surface area (Å²) in [6.45, 7) is 0.190. The fourth-order valence-electron chi connectivity index (χ4n) is 1.29. The van der Waals surface area contributed by atoms with Gasteiger partial charge in [-0.2, -0.15) is 0 Å². The number of H-pyrrole nitrogens is 1. The Bertz CT molecular complexity index is 396. The van der Waals surface area contributed by atoms with Crippen molar-refractivity contribution < 1.29 is 15.0 Å². The van der Waals surface area contributed by atoms with Crippen molar-refractivity contribution in [2.75, 3.05) is 6.54 Å². The highest BCUT2D eigenvalue weighted by Gasteiger charge is 2.25. The molecule has 0 radical (unpaired) electrons. The van der Waals surface area contributed by atoms with E-state index in [0.717, 1.165) is 0 Å². The van der Waals surface area contributed by atoms with Gasteiger partial charge in [-0.25, -0.2) is 4.79 Å². The van der Waals surface area contributed by atoms with Gasteiger partial charge in [0, 0.05) is 6.20 Å². The molecule has 14 heavy (non-hydrogen) atoms. The smallest absolute Gasteiger partial charge is 0.328 e. The van der Waals surface area contributed by atoms with Gasteiger partial charge in [-0.15, -0.1) is 0 Å². The van der Waals surface area contributed by atoms with E-state index in [1.165, 1.54) is 0 Å². The largest absolute Gasteiger partial charge is 0.494 e. The number of aromatic amines is 1. The molecule has 0 fully saturated rings. The lowest BCUT2D eigenvalue weighted by molar-refractivity contribution is -0.138. The van der Waals surface area contributed by atoms with Crippen LogP contribution < -0.4 is 5.32 Å². The fourth-order valence-corrected chi connectivity index (χ4v) is 1.29. The van der Waals surface area contributed by atoms with Gasteiger partial charge < -0.3 is 20.5 Å². The van der Waals surface area contributed by atoms with E-state index in [2.05, 4.69) is 15.3 Å². The number of amidine groups is 1. The van der Waals surface area contributed by atoms with Gasteiger partial charge in [0.15, 0.2) is 5.88 Å². The van der Waals surface area contributed by atoms with Crippen LogP contribution in [0.2, 0.25) is 0 Å². The Kier molecular flexibility index (Phi) is 1.88. The van der Waals surface area contributed by atoms with Crippen LogP contribution in [-0.2, 0) is 4.79 Å². The Labute approximate surface area is 79.3 Å². The number of aliphatic imine (C=N–C) groups is 1. The van der Waals surface area contributed by atoms with Crippen LogP contribution in [-0.4, -0.2) is 39.6 Å². The van der Waals surface area contributed by atoms with Gasteiger partial charge in [-0.05, 0) is 6.07 Å². The lowest BCUT2D eigenvalue weighted by atomic mass is 10.3. The van der Waals surface area contributed by atoms with E-state index in [1.54, 1.807) is 12.3 Å². The highest BCUT2D eigenvalue weighted by molar-refractivity contribution is 6.04. The lowest BCUT2D eigenvalue weighted by Crippen LogP contribution is -2.37. The molecule has 1 aromatic heterocycles. The normalized spacial score (nSPS) is 20.3. The molecule has 4 N–H and O–H groups in total. The second-order valence-electron chi connectivity index (χ2n) is 2.96. The molecule has 0 saturated heterocycles. The second-order valence-corrected chi connectivity index (χ2v) is 2.96. The summed E-state index contributed by atoms with van der Waals surface area (Å²) in [7, 11) is 0. The first kappa shape index (κ1) is 8.61. The fraction of sp³-hybridized carbons (Fsp3) is 0.250. The van der Waals surface area contributed by atoms with Gasteiger partial charge in [0.05, 0.1) is 12.1 Å². The van der Waals surface area contributed by atoms with E-state index in [4.69, 9.17) is 5.11 Å². The van der Waals surface area contributed by atoms with Crippen molar-refractivity contribution in [2.24, 2.45) is 4.99 Å². The monoisotopic (exact) mass is 195 g/mol. The quantitative estimate of drug-likeness (QED) is 0.512. The van der Waals surface area contributed by atoms with Gasteiger partial charge >= 0.3 is 5.97 Å². The number of aliphatic carboxylic acids is 1. The first-order chi connectivity index (χ1) is 6.68. The zero-order chi connectivity index (χ0) is 10.1.